The maximum Gasteiger partial charge on any atom is 0.193 e. The van der Waals surface area contributed by atoms with Crippen LogP contribution in [-0.2, 0) is 13.1 Å². The molecule has 1 aliphatic heterocycles. The number of halogens is 1. The van der Waals surface area contributed by atoms with E-state index in [2.05, 4.69) is 5.32 Å². The number of rotatable bonds is 2. The van der Waals surface area contributed by atoms with Gasteiger partial charge in [0, 0.05) is 29.2 Å². The van der Waals surface area contributed by atoms with Gasteiger partial charge in [0.05, 0.1) is 0 Å². The molecule has 3 heteroatoms. The Labute approximate surface area is 111 Å². The Bertz CT molecular complexity index is 622. The molecule has 2 nitrogen and oxygen atoms in total. The Hall–Kier alpha value is -1.64. The molecule has 0 saturated heterocycles. The molecule has 2 aromatic carbocycles. The first-order valence-corrected chi connectivity index (χ1v) is 6.24. The lowest BCUT2D eigenvalue weighted by molar-refractivity contribution is 0.103. The number of benzene rings is 2. The summed E-state index contributed by atoms with van der Waals surface area (Å²) in [6.45, 7) is 1.73. The third-order valence-corrected chi connectivity index (χ3v) is 3.42. The predicted octanol–water partition coefficient (Wildman–Crippen LogP) is 3.17. The molecule has 18 heavy (non-hydrogen) atoms. The van der Waals surface area contributed by atoms with Crippen LogP contribution in [0.5, 0.6) is 0 Å². The first-order chi connectivity index (χ1) is 8.74. The summed E-state index contributed by atoms with van der Waals surface area (Å²) in [4.78, 5) is 12.3. The SMILES string of the molecule is O=C(c1cccc(Cl)c1)c1ccc2c(c1)CNC2. The van der Waals surface area contributed by atoms with Crippen LogP contribution in [0.25, 0.3) is 0 Å². The van der Waals surface area contributed by atoms with Crippen molar-refractivity contribution in [3.63, 3.8) is 0 Å². The molecule has 0 bridgehead atoms. The van der Waals surface area contributed by atoms with Crippen molar-refractivity contribution in [3.05, 3.63) is 69.7 Å². The Morgan fingerprint density at radius 2 is 1.78 bits per heavy atom. The fourth-order valence-corrected chi connectivity index (χ4v) is 2.42. The zero-order valence-corrected chi connectivity index (χ0v) is 10.5. The zero-order valence-electron chi connectivity index (χ0n) is 9.74. The molecule has 0 aliphatic carbocycles. The summed E-state index contributed by atoms with van der Waals surface area (Å²) >= 11 is 5.91. The second-order valence-corrected chi connectivity index (χ2v) is 4.86. The van der Waals surface area contributed by atoms with E-state index in [4.69, 9.17) is 11.6 Å². The van der Waals surface area contributed by atoms with Crippen molar-refractivity contribution < 1.29 is 4.79 Å². The van der Waals surface area contributed by atoms with E-state index in [1.807, 2.05) is 18.2 Å². The molecule has 1 N–H and O–H groups in total. The van der Waals surface area contributed by atoms with Gasteiger partial charge in [-0.25, -0.2) is 0 Å². The average Bonchev–Trinajstić information content (AvgIpc) is 2.85. The summed E-state index contributed by atoms with van der Waals surface area (Å²) in [6.07, 6.45) is 0. The Morgan fingerprint density at radius 3 is 2.61 bits per heavy atom. The van der Waals surface area contributed by atoms with Gasteiger partial charge in [-0.2, -0.15) is 0 Å². The van der Waals surface area contributed by atoms with E-state index in [0.29, 0.717) is 10.6 Å². The number of carbonyl (C=O) groups is 1. The monoisotopic (exact) mass is 257 g/mol. The van der Waals surface area contributed by atoms with Crippen molar-refractivity contribution in [1.82, 2.24) is 5.32 Å². The van der Waals surface area contributed by atoms with E-state index in [1.165, 1.54) is 11.1 Å². The standard InChI is InChI=1S/C15H12ClNO/c16-14-3-1-2-10(7-14)15(18)11-4-5-12-8-17-9-13(12)6-11/h1-7,17H,8-9H2. The van der Waals surface area contributed by atoms with Gasteiger partial charge in [-0.05, 0) is 29.3 Å². The Balaban J connectivity index is 1.98. The Morgan fingerprint density at radius 1 is 1.00 bits per heavy atom. The minimum atomic E-state index is 0.0206. The number of fused-ring (bicyclic) bond motifs is 1. The van der Waals surface area contributed by atoms with Gasteiger partial charge in [-0.3, -0.25) is 4.79 Å². The first-order valence-electron chi connectivity index (χ1n) is 5.87. The van der Waals surface area contributed by atoms with Crippen molar-refractivity contribution in [1.29, 1.82) is 0 Å². The van der Waals surface area contributed by atoms with Crippen LogP contribution >= 0.6 is 11.6 Å². The van der Waals surface area contributed by atoms with Crippen LogP contribution in [0.4, 0.5) is 0 Å². The third kappa shape index (κ3) is 2.05. The van der Waals surface area contributed by atoms with Crippen molar-refractivity contribution in [2.45, 2.75) is 13.1 Å². The number of nitrogens with one attached hydrogen (secondary N) is 1. The summed E-state index contributed by atoms with van der Waals surface area (Å²) in [5, 5.41) is 3.86. The van der Waals surface area contributed by atoms with Crippen molar-refractivity contribution in [3.8, 4) is 0 Å². The lowest BCUT2D eigenvalue weighted by Crippen LogP contribution is -2.02. The average molecular weight is 258 g/mol. The maximum absolute atomic E-state index is 12.3. The van der Waals surface area contributed by atoms with E-state index in [1.54, 1.807) is 24.3 Å². The number of hydrogen-bond donors (Lipinski definition) is 1. The smallest absolute Gasteiger partial charge is 0.193 e. The molecule has 0 atom stereocenters. The van der Waals surface area contributed by atoms with Gasteiger partial charge in [0.2, 0.25) is 0 Å². The Kier molecular flexibility index (Phi) is 2.90. The van der Waals surface area contributed by atoms with E-state index >= 15 is 0 Å². The van der Waals surface area contributed by atoms with Gasteiger partial charge >= 0.3 is 0 Å². The van der Waals surface area contributed by atoms with Gasteiger partial charge in [0.25, 0.3) is 0 Å². The molecular weight excluding hydrogens is 246 g/mol. The summed E-state index contributed by atoms with van der Waals surface area (Å²) in [5.74, 6) is 0.0206. The molecule has 1 heterocycles. The second-order valence-electron chi connectivity index (χ2n) is 4.43. The van der Waals surface area contributed by atoms with Crippen LogP contribution in [0.3, 0.4) is 0 Å². The normalized spacial score (nSPS) is 13.4. The highest BCUT2D eigenvalue weighted by atomic mass is 35.5. The number of carbonyl (C=O) groups excluding carboxylic acids is 1. The molecule has 0 aromatic heterocycles. The molecule has 0 saturated carbocycles. The van der Waals surface area contributed by atoms with E-state index in [-0.39, 0.29) is 5.78 Å². The van der Waals surface area contributed by atoms with Crippen molar-refractivity contribution in [2.24, 2.45) is 0 Å². The zero-order chi connectivity index (χ0) is 12.5. The highest BCUT2D eigenvalue weighted by Crippen LogP contribution is 2.20. The fourth-order valence-electron chi connectivity index (χ4n) is 2.23. The lowest BCUT2D eigenvalue weighted by Gasteiger charge is -2.04. The minimum Gasteiger partial charge on any atom is -0.309 e. The lowest BCUT2D eigenvalue weighted by atomic mass is 9.99. The molecule has 90 valence electrons. The van der Waals surface area contributed by atoms with Crippen LogP contribution < -0.4 is 5.32 Å². The summed E-state index contributed by atoms with van der Waals surface area (Å²) < 4.78 is 0. The fraction of sp³-hybridized carbons (Fsp3) is 0.133. The molecule has 0 fully saturated rings. The van der Waals surface area contributed by atoms with Crippen molar-refractivity contribution >= 4 is 17.4 Å². The molecular formula is C15H12ClNO. The molecule has 0 unspecified atom stereocenters. The maximum atomic E-state index is 12.3. The van der Waals surface area contributed by atoms with Gasteiger partial charge in [0.1, 0.15) is 0 Å². The van der Waals surface area contributed by atoms with Crippen molar-refractivity contribution in [2.75, 3.05) is 0 Å². The molecule has 0 amide bonds. The third-order valence-electron chi connectivity index (χ3n) is 3.19. The topological polar surface area (TPSA) is 29.1 Å². The highest BCUT2D eigenvalue weighted by molar-refractivity contribution is 6.31. The van der Waals surface area contributed by atoms with Gasteiger partial charge in [-0.15, -0.1) is 0 Å². The number of ketones is 1. The van der Waals surface area contributed by atoms with E-state index < -0.39 is 0 Å². The summed E-state index contributed by atoms with van der Waals surface area (Å²) in [7, 11) is 0. The largest absolute Gasteiger partial charge is 0.309 e. The van der Waals surface area contributed by atoms with E-state index in [0.717, 1.165) is 18.7 Å². The second kappa shape index (κ2) is 4.56. The van der Waals surface area contributed by atoms with Crippen LogP contribution in [-0.4, -0.2) is 5.78 Å². The molecule has 3 rings (SSSR count). The van der Waals surface area contributed by atoms with Crippen LogP contribution in [0, 0.1) is 0 Å². The molecule has 1 aliphatic rings. The molecule has 2 aromatic rings. The molecule has 0 radical (unpaired) electrons. The van der Waals surface area contributed by atoms with Gasteiger partial charge in [-0.1, -0.05) is 35.9 Å². The first kappa shape index (κ1) is 11.5. The predicted molar refractivity (Wildman–Crippen MR) is 71.9 cm³/mol. The summed E-state index contributed by atoms with van der Waals surface area (Å²) in [5.41, 5.74) is 3.84. The van der Waals surface area contributed by atoms with Gasteiger partial charge in [0.15, 0.2) is 5.78 Å². The molecule has 0 spiro atoms. The summed E-state index contributed by atoms with van der Waals surface area (Å²) in [6, 6.07) is 12.9. The van der Waals surface area contributed by atoms with E-state index in [9.17, 15) is 4.79 Å². The quantitative estimate of drug-likeness (QED) is 0.838. The minimum absolute atomic E-state index is 0.0206. The van der Waals surface area contributed by atoms with Crippen LogP contribution in [0.1, 0.15) is 27.0 Å². The van der Waals surface area contributed by atoms with Gasteiger partial charge < -0.3 is 5.32 Å². The van der Waals surface area contributed by atoms with Crippen LogP contribution in [0.15, 0.2) is 42.5 Å². The highest BCUT2D eigenvalue weighted by Gasteiger charge is 2.14. The number of hydrogen-bond acceptors (Lipinski definition) is 2. The van der Waals surface area contributed by atoms with Crippen LogP contribution in [0.2, 0.25) is 5.02 Å².